The molecule has 2 aromatic heterocycles. The first kappa shape index (κ1) is 30.5. The fourth-order valence-corrected chi connectivity index (χ4v) is 6.68. The Morgan fingerprint density at radius 2 is 1.69 bits per heavy atom. The Morgan fingerprint density at radius 1 is 1.02 bits per heavy atom. The van der Waals surface area contributed by atoms with Gasteiger partial charge in [0.15, 0.2) is 0 Å². The van der Waals surface area contributed by atoms with Crippen LogP contribution in [0.5, 0.6) is 0 Å². The summed E-state index contributed by atoms with van der Waals surface area (Å²) in [5, 5.41) is 5.35. The first-order chi connectivity index (χ1) is 20.1. The van der Waals surface area contributed by atoms with E-state index in [0.29, 0.717) is 28.5 Å². The Labute approximate surface area is 253 Å². The second-order valence-electron chi connectivity index (χ2n) is 11.1. The number of nitrogens with two attached hydrogens (primary N) is 2. The van der Waals surface area contributed by atoms with Gasteiger partial charge in [-0.25, -0.2) is 14.4 Å². The van der Waals surface area contributed by atoms with Gasteiger partial charge in [0.05, 0.1) is 5.39 Å². The number of aryl methyl sites for hydroxylation is 1. The molecule has 3 heterocycles. The molecule has 6 rings (SSSR count). The van der Waals surface area contributed by atoms with Crippen molar-refractivity contribution in [2.75, 3.05) is 39.0 Å². The van der Waals surface area contributed by atoms with Crippen molar-refractivity contribution in [3.63, 3.8) is 0 Å². The monoisotopic (exact) mass is 612 g/mol. The van der Waals surface area contributed by atoms with Crippen molar-refractivity contribution in [3.05, 3.63) is 65.3 Å². The van der Waals surface area contributed by atoms with Crippen LogP contribution in [0.3, 0.4) is 0 Å². The summed E-state index contributed by atoms with van der Waals surface area (Å²) in [7, 11) is 2.20. The Morgan fingerprint density at radius 3 is 2.33 bits per heavy atom. The van der Waals surface area contributed by atoms with Crippen molar-refractivity contribution < 1.29 is 13.2 Å². The van der Waals surface area contributed by atoms with Crippen LogP contribution in [0.2, 0.25) is 5.02 Å². The van der Waals surface area contributed by atoms with Gasteiger partial charge in [-0.3, -0.25) is 14.2 Å². The van der Waals surface area contributed by atoms with Gasteiger partial charge >= 0.3 is 0 Å². The number of hydrogen-bond donors (Lipinski definition) is 2. The van der Waals surface area contributed by atoms with Crippen molar-refractivity contribution >= 4 is 39.7 Å². The number of aromatic nitrogens is 3. The van der Waals surface area contributed by atoms with Crippen molar-refractivity contribution in [1.82, 2.24) is 24.3 Å². The molecule has 2 fully saturated rings. The molecule has 0 bridgehead atoms. The smallest absolute Gasteiger partial charge is 0.146 e. The number of fused-ring (bicyclic) bond motifs is 1. The average Bonchev–Trinajstić information content (AvgIpc) is 3.35. The van der Waals surface area contributed by atoms with Crippen LogP contribution in [0.4, 0.5) is 10.2 Å². The third kappa shape index (κ3) is 6.51. The molecule has 2 aromatic carbocycles. The topological polar surface area (TPSA) is 129 Å². The van der Waals surface area contributed by atoms with Crippen molar-refractivity contribution in [2.45, 2.75) is 44.7 Å². The summed E-state index contributed by atoms with van der Waals surface area (Å²) in [5.74, 6) is 0.101. The zero-order valence-corrected chi connectivity index (χ0v) is 25.4. The minimum Gasteiger partial charge on any atom is -0.760 e. The molecule has 42 heavy (non-hydrogen) atoms. The summed E-state index contributed by atoms with van der Waals surface area (Å²) < 4.78 is 35.4. The normalized spacial score (nSPS) is 20.7. The van der Waals surface area contributed by atoms with Gasteiger partial charge in [-0.2, -0.15) is 0 Å². The minimum absolute atomic E-state index is 0.317. The van der Waals surface area contributed by atoms with Crippen LogP contribution in [0, 0.1) is 12.7 Å². The number of hydrogen-bond acceptors (Lipinski definition) is 7. The van der Waals surface area contributed by atoms with Crippen LogP contribution in [-0.4, -0.2) is 72.4 Å². The second-order valence-corrected chi connectivity index (χ2v) is 12.0. The lowest BCUT2D eigenvalue weighted by atomic mass is 9.89. The SMILES string of the molecule is Cc1cccc(Cl)c1-c1ccc(-c2cn(C3CCC(N4CCN(C)CC4)CC3)c3ncnc(N)c23)cc1F.NS(=O)[O-]. The van der Waals surface area contributed by atoms with Crippen molar-refractivity contribution in [3.8, 4) is 22.3 Å². The van der Waals surface area contributed by atoms with Crippen LogP contribution in [0.25, 0.3) is 33.3 Å². The van der Waals surface area contributed by atoms with E-state index in [4.69, 9.17) is 26.1 Å². The van der Waals surface area contributed by atoms with Gasteiger partial charge in [-0.15, -0.1) is 0 Å². The third-order valence-electron chi connectivity index (χ3n) is 8.52. The highest BCUT2D eigenvalue weighted by atomic mass is 35.5. The molecule has 1 atom stereocenters. The molecule has 1 aliphatic heterocycles. The summed E-state index contributed by atoms with van der Waals surface area (Å²) in [6, 6.07) is 11.9. The number of rotatable bonds is 4. The first-order valence-corrected chi connectivity index (χ1v) is 15.6. The molecular weight excluding hydrogens is 577 g/mol. The molecule has 1 saturated heterocycles. The van der Waals surface area contributed by atoms with E-state index in [-0.39, 0.29) is 5.82 Å². The van der Waals surface area contributed by atoms with Gasteiger partial charge < -0.3 is 19.8 Å². The molecule has 0 amide bonds. The van der Waals surface area contributed by atoms with Gasteiger partial charge in [-0.05, 0) is 62.9 Å². The average molecular weight is 613 g/mol. The summed E-state index contributed by atoms with van der Waals surface area (Å²) in [5.41, 5.74) is 11.0. The molecule has 224 valence electrons. The highest BCUT2D eigenvalue weighted by molar-refractivity contribution is 7.76. The molecule has 2 aliphatic rings. The number of anilines is 1. The summed E-state index contributed by atoms with van der Waals surface area (Å²) in [6.45, 7) is 6.54. The van der Waals surface area contributed by atoms with Crippen molar-refractivity contribution in [2.24, 2.45) is 5.14 Å². The highest BCUT2D eigenvalue weighted by Gasteiger charge is 2.30. The molecule has 1 aliphatic carbocycles. The second kappa shape index (κ2) is 13.2. The van der Waals surface area contributed by atoms with E-state index < -0.39 is 11.3 Å². The maximum atomic E-state index is 15.6. The fourth-order valence-electron chi connectivity index (χ4n) is 6.35. The Bertz CT molecular complexity index is 1560. The number of nitrogen functional groups attached to an aromatic ring is 1. The third-order valence-corrected chi connectivity index (χ3v) is 8.84. The van der Waals surface area contributed by atoms with Crippen LogP contribution >= 0.6 is 11.6 Å². The Hall–Kier alpha value is -2.93. The number of likely N-dealkylation sites (N-methyl/N-ethyl adjacent to an activating group) is 1. The summed E-state index contributed by atoms with van der Waals surface area (Å²) >= 11 is 4.08. The van der Waals surface area contributed by atoms with Gasteiger partial charge in [0.25, 0.3) is 0 Å². The molecular formula is C30H36ClFN7O2S-. The number of piperazine rings is 1. The molecule has 4 N–H and O–H groups in total. The molecule has 0 radical (unpaired) electrons. The van der Waals surface area contributed by atoms with E-state index in [0.717, 1.165) is 72.3 Å². The highest BCUT2D eigenvalue weighted by Crippen LogP contribution is 2.40. The molecule has 1 unspecified atom stereocenters. The van der Waals surface area contributed by atoms with E-state index in [1.165, 1.54) is 19.2 Å². The first-order valence-electron chi connectivity index (χ1n) is 14.1. The lowest BCUT2D eigenvalue weighted by Crippen LogP contribution is -2.49. The van der Waals surface area contributed by atoms with Crippen LogP contribution in [0.15, 0.2) is 48.9 Å². The van der Waals surface area contributed by atoms with Crippen LogP contribution in [-0.2, 0) is 11.3 Å². The van der Waals surface area contributed by atoms with Gasteiger partial charge in [0, 0.05) is 77.4 Å². The molecule has 1 saturated carbocycles. The van der Waals surface area contributed by atoms with E-state index >= 15 is 4.39 Å². The van der Waals surface area contributed by atoms with E-state index in [2.05, 4.69) is 42.7 Å². The number of benzene rings is 2. The van der Waals surface area contributed by atoms with Crippen LogP contribution in [0.1, 0.15) is 37.3 Å². The molecule has 0 spiro atoms. The maximum absolute atomic E-state index is 15.6. The van der Waals surface area contributed by atoms with Crippen molar-refractivity contribution in [1.29, 1.82) is 0 Å². The molecule has 12 heteroatoms. The molecule has 4 aromatic rings. The number of halogens is 2. The predicted molar refractivity (Wildman–Crippen MR) is 166 cm³/mol. The van der Waals surface area contributed by atoms with Gasteiger partial charge in [-0.1, -0.05) is 35.9 Å². The van der Waals surface area contributed by atoms with Gasteiger partial charge in [0.1, 0.15) is 23.6 Å². The lowest BCUT2D eigenvalue weighted by molar-refractivity contribution is 0.0828. The standard InChI is InChI=1S/C30H34ClFN6.H3NO2S/c1-19-4-3-5-25(31)27(19)23-11-6-20(16-26(23)32)24-17-38(30-28(24)29(33)34-18-35-30)22-9-7-21(8-10-22)37-14-12-36(2)13-15-37;1-4(2)3/h3-6,11,16-18,21-22H,7-10,12-15H2,1-2H3,(H2,33,34,35);1H2,(H,2,3)/p-1. The van der Waals surface area contributed by atoms with Gasteiger partial charge in [0.2, 0.25) is 0 Å². The molecule has 9 nitrogen and oxygen atoms in total. The van der Waals surface area contributed by atoms with E-state index in [1.807, 2.05) is 31.2 Å². The predicted octanol–water partition coefficient (Wildman–Crippen LogP) is 4.92. The van der Waals surface area contributed by atoms with E-state index in [9.17, 15) is 0 Å². The lowest BCUT2D eigenvalue weighted by Gasteiger charge is -2.41. The Balaban J connectivity index is 0.000000830. The quantitative estimate of drug-likeness (QED) is 0.313. The minimum atomic E-state index is -2.36. The summed E-state index contributed by atoms with van der Waals surface area (Å²) in [6.07, 6.45) is 8.14. The zero-order valence-electron chi connectivity index (χ0n) is 23.8. The van der Waals surface area contributed by atoms with Crippen LogP contribution < -0.4 is 10.9 Å². The van der Waals surface area contributed by atoms with E-state index in [1.54, 1.807) is 12.1 Å². The Kier molecular flexibility index (Phi) is 9.56. The zero-order chi connectivity index (χ0) is 30.0. The summed E-state index contributed by atoms with van der Waals surface area (Å²) in [4.78, 5) is 14.0. The maximum Gasteiger partial charge on any atom is 0.146 e. The fraction of sp³-hybridized carbons (Fsp3) is 0.400. The number of nitrogens with zero attached hydrogens (tertiary/aromatic N) is 5. The largest absolute Gasteiger partial charge is 0.760 e.